The van der Waals surface area contributed by atoms with Crippen LogP contribution in [0.15, 0.2) is 54.6 Å². The van der Waals surface area contributed by atoms with E-state index in [0.29, 0.717) is 13.1 Å². The van der Waals surface area contributed by atoms with Crippen LogP contribution in [0, 0.1) is 0 Å². The zero-order valence-electron chi connectivity index (χ0n) is 17.3. The fourth-order valence-electron chi connectivity index (χ4n) is 2.89. The summed E-state index contributed by atoms with van der Waals surface area (Å²) >= 11 is 0. The molecule has 2 amide bonds. The third-order valence-corrected chi connectivity index (χ3v) is 4.64. The molecule has 2 aromatic carbocycles. The lowest BCUT2D eigenvalue weighted by molar-refractivity contribution is 0.232. The van der Waals surface area contributed by atoms with Gasteiger partial charge < -0.3 is 20.3 Å². The maximum Gasteiger partial charge on any atom is 0.314 e. The van der Waals surface area contributed by atoms with Crippen molar-refractivity contribution in [2.24, 2.45) is 0 Å². The third-order valence-electron chi connectivity index (χ3n) is 4.64. The average Bonchev–Trinajstić information content (AvgIpc) is 2.71. The number of amides is 2. The van der Waals surface area contributed by atoms with Gasteiger partial charge in [0.2, 0.25) is 0 Å². The Morgan fingerprint density at radius 3 is 2.36 bits per heavy atom. The zero-order valence-corrected chi connectivity index (χ0v) is 17.3. The van der Waals surface area contributed by atoms with Gasteiger partial charge in [-0.3, -0.25) is 0 Å². The number of ether oxygens (including phenoxy) is 1. The summed E-state index contributed by atoms with van der Waals surface area (Å²) in [5.74, 6) is 0.893. The maximum atomic E-state index is 12.1. The van der Waals surface area contributed by atoms with E-state index in [9.17, 15) is 4.79 Å². The number of benzene rings is 2. The van der Waals surface area contributed by atoms with Crippen LogP contribution in [0.4, 0.5) is 4.79 Å². The van der Waals surface area contributed by atoms with Gasteiger partial charge in [-0.25, -0.2) is 4.79 Å². The molecule has 1 atom stereocenters. The van der Waals surface area contributed by atoms with E-state index in [2.05, 4.69) is 34.6 Å². The van der Waals surface area contributed by atoms with Crippen molar-refractivity contribution in [2.75, 3.05) is 33.8 Å². The minimum Gasteiger partial charge on any atom is -0.494 e. The monoisotopic (exact) mass is 383 g/mol. The quantitative estimate of drug-likeness (QED) is 0.625. The van der Waals surface area contributed by atoms with Crippen LogP contribution in [0.2, 0.25) is 0 Å². The Bertz CT molecular complexity index is 687. The zero-order chi connectivity index (χ0) is 20.2. The number of carbonyl (C=O) groups is 1. The predicted octanol–water partition coefficient (Wildman–Crippen LogP) is 3.49. The summed E-state index contributed by atoms with van der Waals surface area (Å²) in [6.07, 6.45) is 2.70. The van der Waals surface area contributed by atoms with E-state index in [0.717, 1.165) is 31.6 Å². The Balaban J connectivity index is 1.69. The molecule has 0 saturated heterocycles. The van der Waals surface area contributed by atoms with Crippen LogP contribution in [0.1, 0.15) is 24.5 Å². The van der Waals surface area contributed by atoms with Gasteiger partial charge >= 0.3 is 6.03 Å². The highest BCUT2D eigenvalue weighted by Gasteiger charge is 2.13. The number of nitrogens with zero attached hydrogens (tertiary/aromatic N) is 1. The summed E-state index contributed by atoms with van der Waals surface area (Å²) in [7, 11) is 4.09. The van der Waals surface area contributed by atoms with Crippen molar-refractivity contribution < 1.29 is 9.53 Å². The number of hydrogen-bond donors (Lipinski definition) is 2. The minimum atomic E-state index is -0.122. The molecule has 0 saturated carbocycles. The van der Waals surface area contributed by atoms with Crippen LogP contribution in [-0.2, 0) is 12.8 Å². The third kappa shape index (κ3) is 8.01. The van der Waals surface area contributed by atoms with Crippen LogP contribution in [-0.4, -0.2) is 50.8 Å². The second kappa shape index (κ2) is 12.0. The van der Waals surface area contributed by atoms with Gasteiger partial charge in [-0.2, -0.15) is 0 Å². The van der Waals surface area contributed by atoms with Crippen molar-refractivity contribution >= 4 is 6.03 Å². The van der Waals surface area contributed by atoms with Crippen LogP contribution in [0.25, 0.3) is 0 Å². The molecule has 0 aromatic heterocycles. The fourth-order valence-corrected chi connectivity index (χ4v) is 2.89. The molecule has 2 aromatic rings. The first kappa shape index (κ1) is 21.8. The minimum absolute atomic E-state index is 0.122. The van der Waals surface area contributed by atoms with Crippen molar-refractivity contribution in [2.45, 2.75) is 32.2 Å². The highest BCUT2D eigenvalue weighted by atomic mass is 16.5. The summed E-state index contributed by atoms with van der Waals surface area (Å²) < 4.78 is 5.59. The molecule has 0 aliphatic carbocycles. The molecule has 0 fully saturated rings. The van der Waals surface area contributed by atoms with Crippen molar-refractivity contribution in [3.8, 4) is 5.75 Å². The van der Waals surface area contributed by atoms with Crippen LogP contribution >= 0.6 is 0 Å². The van der Waals surface area contributed by atoms with E-state index in [-0.39, 0.29) is 12.1 Å². The molecule has 2 rings (SSSR count). The summed E-state index contributed by atoms with van der Waals surface area (Å²) in [4.78, 5) is 14.3. The first-order chi connectivity index (χ1) is 13.6. The highest BCUT2D eigenvalue weighted by molar-refractivity contribution is 5.73. The van der Waals surface area contributed by atoms with E-state index in [1.54, 1.807) is 0 Å². The van der Waals surface area contributed by atoms with Crippen molar-refractivity contribution in [3.63, 3.8) is 0 Å². The second-order valence-corrected chi connectivity index (χ2v) is 7.19. The van der Waals surface area contributed by atoms with Gasteiger partial charge in [0.05, 0.1) is 6.61 Å². The largest absolute Gasteiger partial charge is 0.494 e. The number of likely N-dealkylation sites (N-methyl/N-ethyl adjacent to an activating group) is 1. The number of nitrogens with one attached hydrogen (secondary N) is 2. The Morgan fingerprint density at radius 2 is 1.71 bits per heavy atom. The van der Waals surface area contributed by atoms with Crippen molar-refractivity contribution in [3.05, 3.63) is 65.7 Å². The SMILES string of the molecule is CCCOc1ccc(CCNC(=O)NCC(Cc2ccccc2)N(C)C)cc1. The summed E-state index contributed by atoms with van der Waals surface area (Å²) in [6.45, 7) is 4.04. The number of hydrogen-bond acceptors (Lipinski definition) is 3. The first-order valence-corrected chi connectivity index (χ1v) is 10.0. The first-order valence-electron chi connectivity index (χ1n) is 10.0. The van der Waals surface area contributed by atoms with Gasteiger partial charge in [0.15, 0.2) is 0 Å². The molecule has 28 heavy (non-hydrogen) atoms. The lowest BCUT2D eigenvalue weighted by Gasteiger charge is -2.25. The molecule has 2 N–H and O–H groups in total. The molecule has 152 valence electrons. The predicted molar refractivity (Wildman–Crippen MR) is 115 cm³/mol. The topological polar surface area (TPSA) is 53.6 Å². The fraction of sp³-hybridized carbons (Fsp3) is 0.435. The summed E-state index contributed by atoms with van der Waals surface area (Å²) in [6, 6.07) is 18.5. The molecule has 5 nitrogen and oxygen atoms in total. The molecule has 0 heterocycles. The van der Waals surface area contributed by atoms with Gasteiger partial charge in [-0.05, 0) is 56.6 Å². The van der Waals surface area contributed by atoms with E-state index in [1.807, 2.05) is 56.6 Å². The molecule has 0 radical (unpaired) electrons. The molecule has 1 unspecified atom stereocenters. The van der Waals surface area contributed by atoms with Gasteiger partial charge in [0.1, 0.15) is 5.75 Å². The van der Waals surface area contributed by atoms with E-state index >= 15 is 0 Å². The maximum absolute atomic E-state index is 12.1. The van der Waals surface area contributed by atoms with Crippen LogP contribution < -0.4 is 15.4 Å². The average molecular weight is 384 g/mol. The van der Waals surface area contributed by atoms with Crippen molar-refractivity contribution in [1.82, 2.24) is 15.5 Å². The Labute approximate surface area is 169 Å². The highest BCUT2D eigenvalue weighted by Crippen LogP contribution is 2.12. The van der Waals surface area contributed by atoms with Crippen LogP contribution in [0.5, 0.6) is 5.75 Å². The van der Waals surface area contributed by atoms with Gasteiger partial charge in [0, 0.05) is 19.1 Å². The summed E-state index contributed by atoms with van der Waals surface area (Å²) in [5, 5.41) is 5.93. The Morgan fingerprint density at radius 1 is 1.00 bits per heavy atom. The normalized spacial score (nSPS) is 11.9. The Kier molecular flexibility index (Phi) is 9.35. The standard InChI is InChI=1S/C23H33N3O2/c1-4-16-28-22-12-10-19(11-13-22)14-15-24-23(27)25-18-21(26(2)3)17-20-8-6-5-7-9-20/h5-13,21H,4,14-18H2,1-3H3,(H2,24,25,27). The summed E-state index contributed by atoms with van der Waals surface area (Å²) in [5.41, 5.74) is 2.45. The lowest BCUT2D eigenvalue weighted by Crippen LogP contribution is -2.45. The molecule has 5 heteroatoms. The molecular formula is C23H33N3O2. The molecule has 0 bridgehead atoms. The van der Waals surface area contributed by atoms with Crippen LogP contribution in [0.3, 0.4) is 0 Å². The van der Waals surface area contributed by atoms with Gasteiger partial charge in [0.25, 0.3) is 0 Å². The number of rotatable bonds is 11. The number of urea groups is 1. The molecule has 0 aliphatic heterocycles. The van der Waals surface area contributed by atoms with E-state index in [1.165, 1.54) is 11.1 Å². The molecular weight excluding hydrogens is 350 g/mol. The van der Waals surface area contributed by atoms with E-state index < -0.39 is 0 Å². The van der Waals surface area contributed by atoms with Gasteiger partial charge in [-0.15, -0.1) is 0 Å². The molecule has 0 aliphatic rings. The van der Waals surface area contributed by atoms with E-state index in [4.69, 9.17) is 4.74 Å². The van der Waals surface area contributed by atoms with Gasteiger partial charge in [-0.1, -0.05) is 49.4 Å². The molecule has 0 spiro atoms. The smallest absolute Gasteiger partial charge is 0.314 e. The lowest BCUT2D eigenvalue weighted by atomic mass is 10.1. The Hall–Kier alpha value is -2.53. The second-order valence-electron chi connectivity index (χ2n) is 7.19. The van der Waals surface area contributed by atoms with Crippen molar-refractivity contribution in [1.29, 1.82) is 0 Å². The number of carbonyl (C=O) groups excluding carboxylic acids is 1.